The maximum absolute atomic E-state index is 10.6. The molecule has 0 heterocycles. The lowest BCUT2D eigenvalue weighted by molar-refractivity contribution is -0.385. The van der Waals surface area contributed by atoms with Gasteiger partial charge >= 0.3 is 5.69 Å². The van der Waals surface area contributed by atoms with Crippen molar-refractivity contribution in [3.8, 4) is 17.6 Å². The van der Waals surface area contributed by atoms with Crippen molar-refractivity contribution < 1.29 is 10.0 Å². The van der Waals surface area contributed by atoms with Crippen molar-refractivity contribution >= 4 is 17.5 Å². The molecule has 0 bridgehead atoms. The molecule has 0 unspecified atom stereocenters. The highest BCUT2D eigenvalue weighted by atomic mass is 16.6. The highest BCUT2D eigenvalue weighted by Gasteiger charge is 2.11. The molecular formula is C18H16N2O3. The lowest BCUT2D eigenvalue weighted by atomic mass is 10.1. The molecule has 0 fully saturated rings. The Bertz CT molecular complexity index is 797. The topological polar surface area (TPSA) is 66.6 Å². The second-order valence-electron chi connectivity index (χ2n) is 5.05. The average molecular weight is 308 g/mol. The van der Waals surface area contributed by atoms with Crippen LogP contribution in [0, 0.1) is 22.0 Å². The van der Waals surface area contributed by atoms with Crippen molar-refractivity contribution in [1.29, 1.82) is 0 Å². The van der Waals surface area contributed by atoms with Crippen LogP contribution in [-0.2, 0) is 0 Å². The zero-order valence-electron chi connectivity index (χ0n) is 12.9. The third-order valence-corrected chi connectivity index (χ3v) is 3.16. The fraction of sp³-hybridized carbons (Fsp3) is 0.111. The van der Waals surface area contributed by atoms with Crippen LogP contribution >= 0.6 is 0 Å². The van der Waals surface area contributed by atoms with Gasteiger partial charge in [0, 0.05) is 31.4 Å². The highest BCUT2D eigenvalue weighted by molar-refractivity contribution is 5.60. The molecule has 0 radical (unpaired) electrons. The number of nitro benzene ring substituents is 1. The molecule has 0 aliphatic carbocycles. The zero-order valence-corrected chi connectivity index (χ0v) is 12.9. The Labute approximate surface area is 134 Å². The maximum Gasteiger partial charge on any atom is 0.310 e. The third-order valence-electron chi connectivity index (χ3n) is 3.16. The minimum absolute atomic E-state index is 0.311. The summed E-state index contributed by atoms with van der Waals surface area (Å²) in [6, 6.07) is 12.0. The Balaban J connectivity index is 2.07. The smallest absolute Gasteiger partial charge is 0.310 e. The van der Waals surface area contributed by atoms with E-state index < -0.39 is 4.92 Å². The Kier molecular flexibility index (Phi) is 5.00. The summed E-state index contributed by atoms with van der Waals surface area (Å²) in [5.74, 6) is 5.54. The van der Waals surface area contributed by atoms with Crippen LogP contribution in [0.2, 0.25) is 0 Å². The highest BCUT2D eigenvalue weighted by Crippen LogP contribution is 2.26. The fourth-order valence-electron chi connectivity index (χ4n) is 1.90. The molecule has 0 saturated heterocycles. The predicted molar refractivity (Wildman–Crippen MR) is 91.4 cm³/mol. The first-order valence-corrected chi connectivity index (χ1v) is 6.90. The van der Waals surface area contributed by atoms with Gasteiger partial charge in [0.05, 0.1) is 4.92 Å². The minimum atomic E-state index is -0.625. The number of nitrogens with zero attached hydrogens (tertiary/aromatic N) is 2. The number of phenolic OH excluding ortho intramolecular Hbond substituents is 1. The van der Waals surface area contributed by atoms with Crippen LogP contribution in [-0.4, -0.2) is 24.1 Å². The summed E-state index contributed by atoms with van der Waals surface area (Å²) < 4.78 is 0. The van der Waals surface area contributed by atoms with Crippen LogP contribution in [0.1, 0.15) is 11.1 Å². The summed E-state index contributed by atoms with van der Waals surface area (Å²) in [6.45, 7) is 0. The molecule has 0 atom stereocenters. The van der Waals surface area contributed by atoms with Crippen LogP contribution in [0.15, 0.2) is 48.5 Å². The predicted octanol–water partition coefficient (Wildman–Crippen LogP) is 3.43. The maximum atomic E-state index is 10.6. The van der Waals surface area contributed by atoms with E-state index in [1.807, 2.05) is 43.3 Å². The molecule has 2 aromatic carbocycles. The lowest BCUT2D eigenvalue weighted by Crippen LogP contribution is -2.07. The van der Waals surface area contributed by atoms with Gasteiger partial charge in [0.15, 0.2) is 5.75 Å². The number of hydrogen-bond acceptors (Lipinski definition) is 4. The normalized spacial score (nSPS) is 10.2. The van der Waals surface area contributed by atoms with Gasteiger partial charge < -0.3 is 10.0 Å². The van der Waals surface area contributed by atoms with Crippen molar-refractivity contribution in [3.63, 3.8) is 0 Å². The Morgan fingerprint density at radius 3 is 2.43 bits per heavy atom. The standard InChI is InChI=1S/C18H16N2O3/c1-19(2)16-10-7-14(8-11-16)5-3-4-6-15-9-12-17(20(22)23)18(21)13-15/h4,6-13,21H,1-2H3/b6-4+. The third kappa shape index (κ3) is 4.35. The molecule has 0 aromatic heterocycles. The number of nitro groups is 1. The number of phenols is 1. The molecule has 1 N–H and O–H groups in total. The van der Waals surface area contributed by atoms with Gasteiger partial charge in [0.25, 0.3) is 0 Å². The van der Waals surface area contributed by atoms with E-state index in [-0.39, 0.29) is 11.4 Å². The number of benzene rings is 2. The number of rotatable bonds is 3. The van der Waals surface area contributed by atoms with E-state index in [2.05, 4.69) is 11.8 Å². The zero-order chi connectivity index (χ0) is 16.8. The number of allylic oxidation sites excluding steroid dienone is 1. The minimum Gasteiger partial charge on any atom is -0.502 e. The summed E-state index contributed by atoms with van der Waals surface area (Å²) in [6.07, 6.45) is 3.32. The molecule has 2 aromatic rings. The van der Waals surface area contributed by atoms with Crippen LogP contribution in [0.4, 0.5) is 11.4 Å². The van der Waals surface area contributed by atoms with E-state index in [4.69, 9.17) is 0 Å². The van der Waals surface area contributed by atoms with Crippen LogP contribution in [0.5, 0.6) is 5.75 Å². The second kappa shape index (κ2) is 7.14. The van der Waals surface area contributed by atoms with Crippen LogP contribution in [0.3, 0.4) is 0 Å². The largest absolute Gasteiger partial charge is 0.502 e. The van der Waals surface area contributed by atoms with E-state index in [0.717, 1.165) is 11.3 Å². The van der Waals surface area contributed by atoms with Crippen LogP contribution in [0.25, 0.3) is 6.08 Å². The van der Waals surface area contributed by atoms with Crippen molar-refractivity contribution in [1.82, 2.24) is 0 Å². The van der Waals surface area contributed by atoms with Crippen molar-refractivity contribution in [2.75, 3.05) is 19.0 Å². The number of hydrogen-bond donors (Lipinski definition) is 1. The number of anilines is 1. The molecule has 0 saturated carbocycles. The molecular weight excluding hydrogens is 292 g/mol. The summed E-state index contributed by atoms with van der Waals surface area (Å²) in [5.41, 5.74) is 2.33. The average Bonchev–Trinajstić information content (AvgIpc) is 2.51. The van der Waals surface area contributed by atoms with E-state index in [1.54, 1.807) is 18.2 Å². The van der Waals surface area contributed by atoms with E-state index >= 15 is 0 Å². The molecule has 0 amide bonds. The van der Waals surface area contributed by atoms with Crippen molar-refractivity contribution in [2.24, 2.45) is 0 Å². The molecule has 5 heteroatoms. The Morgan fingerprint density at radius 2 is 1.87 bits per heavy atom. The van der Waals surface area contributed by atoms with Crippen LogP contribution < -0.4 is 4.90 Å². The summed E-state index contributed by atoms with van der Waals surface area (Å²) >= 11 is 0. The van der Waals surface area contributed by atoms with Gasteiger partial charge in [0.2, 0.25) is 0 Å². The first-order chi connectivity index (χ1) is 11.0. The Morgan fingerprint density at radius 1 is 1.17 bits per heavy atom. The molecule has 116 valence electrons. The lowest BCUT2D eigenvalue weighted by Gasteiger charge is -2.11. The van der Waals surface area contributed by atoms with Crippen molar-refractivity contribution in [3.05, 3.63) is 69.8 Å². The van der Waals surface area contributed by atoms with Gasteiger partial charge in [0.1, 0.15) is 0 Å². The molecule has 5 nitrogen and oxygen atoms in total. The summed E-state index contributed by atoms with van der Waals surface area (Å²) in [4.78, 5) is 12.0. The van der Waals surface area contributed by atoms with Gasteiger partial charge in [-0.15, -0.1) is 0 Å². The van der Waals surface area contributed by atoms with Gasteiger partial charge in [-0.25, -0.2) is 0 Å². The van der Waals surface area contributed by atoms with Gasteiger partial charge in [-0.3, -0.25) is 10.1 Å². The second-order valence-corrected chi connectivity index (χ2v) is 5.05. The fourth-order valence-corrected chi connectivity index (χ4v) is 1.90. The summed E-state index contributed by atoms with van der Waals surface area (Å²) in [5, 5.41) is 20.2. The van der Waals surface area contributed by atoms with E-state index in [9.17, 15) is 15.2 Å². The quantitative estimate of drug-likeness (QED) is 0.536. The molecule has 23 heavy (non-hydrogen) atoms. The molecule has 0 aliphatic heterocycles. The van der Waals surface area contributed by atoms with E-state index in [0.29, 0.717) is 5.56 Å². The first kappa shape index (κ1) is 16.1. The van der Waals surface area contributed by atoms with Gasteiger partial charge in [-0.05, 0) is 54.1 Å². The molecule has 0 aliphatic rings. The van der Waals surface area contributed by atoms with Crippen molar-refractivity contribution in [2.45, 2.75) is 0 Å². The first-order valence-electron chi connectivity index (χ1n) is 6.90. The molecule has 0 spiro atoms. The Hall–Kier alpha value is -3.26. The summed E-state index contributed by atoms with van der Waals surface area (Å²) in [7, 11) is 3.95. The SMILES string of the molecule is CN(C)c1ccc(C#C/C=C/c2ccc([N+](=O)[O-])c(O)c2)cc1. The number of aromatic hydroxyl groups is 1. The monoisotopic (exact) mass is 308 g/mol. The molecule has 2 rings (SSSR count). The van der Waals surface area contributed by atoms with Gasteiger partial charge in [-0.2, -0.15) is 0 Å². The van der Waals surface area contributed by atoms with E-state index in [1.165, 1.54) is 12.1 Å². The van der Waals surface area contributed by atoms with Gasteiger partial charge in [-0.1, -0.05) is 11.8 Å².